The molecular weight excluding hydrogens is 292 g/mol. The van der Waals surface area contributed by atoms with E-state index in [0.717, 1.165) is 5.56 Å². The van der Waals surface area contributed by atoms with Crippen molar-refractivity contribution in [1.82, 2.24) is 0 Å². The van der Waals surface area contributed by atoms with Gasteiger partial charge in [-0.1, -0.05) is 31.5 Å². The highest BCUT2D eigenvalue weighted by Gasteiger charge is 2.18. The highest BCUT2D eigenvalue weighted by atomic mass is 35.5. The first kappa shape index (κ1) is 17.5. The van der Waals surface area contributed by atoms with E-state index in [1.165, 1.54) is 0 Å². The number of carbonyl (C=O) groups is 2. The van der Waals surface area contributed by atoms with Crippen LogP contribution in [0.4, 0.5) is 5.69 Å². The van der Waals surface area contributed by atoms with Crippen LogP contribution in [0, 0.1) is 12.8 Å². The Balaban J connectivity index is 2.60. The summed E-state index contributed by atoms with van der Waals surface area (Å²) < 4.78 is 0. The number of carbonyl (C=O) groups excluding carboxylic acids is 2. The molecule has 0 unspecified atom stereocenters. The van der Waals surface area contributed by atoms with Crippen molar-refractivity contribution in [3.63, 3.8) is 0 Å². The van der Waals surface area contributed by atoms with Gasteiger partial charge in [-0.15, -0.1) is 0 Å². The van der Waals surface area contributed by atoms with Gasteiger partial charge in [-0.25, -0.2) is 0 Å². The third kappa shape index (κ3) is 6.14. The van der Waals surface area contributed by atoms with Crippen LogP contribution in [0.2, 0.25) is 5.02 Å². The third-order valence-electron chi connectivity index (χ3n) is 3.06. The molecule has 0 aliphatic rings. The van der Waals surface area contributed by atoms with Crippen molar-refractivity contribution >= 4 is 29.2 Å². The molecule has 0 aliphatic heterocycles. The molecule has 21 heavy (non-hydrogen) atoms. The van der Waals surface area contributed by atoms with E-state index >= 15 is 0 Å². The third-order valence-corrected chi connectivity index (χ3v) is 3.46. The van der Waals surface area contributed by atoms with Gasteiger partial charge in [0.2, 0.25) is 5.91 Å². The van der Waals surface area contributed by atoms with E-state index in [4.69, 9.17) is 11.6 Å². The Labute approximate surface area is 129 Å². The SMILES string of the molecule is Cc1ccc(NC(=O)C[C@H]([NH2+]CC(C)C)C(=O)[O-])cc1Cl. The Morgan fingerprint density at radius 1 is 1.38 bits per heavy atom. The number of anilines is 1. The molecule has 1 amide bonds. The van der Waals surface area contributed by atoms with Crippen molar-refractivity contribution in [1.29, 1.82) is 0 Å². The number of benzene rings is 1. The first-order valence-corrected chi connectivity index (χ1v) is 7.27. The van der Waals surface area contributed by atoms with Crippen LogP contribution in [-0.4, -0.2) is 24.5 Å². The number of halogens is 1. The molecule has 1 rings (SSSR count). The Kier molecular flexibility index (Phi) is 6.65. The van der Waals surface area contributed by atoms with Gasteiger partial charge >= 0.3 is 0 Å². The van der Waals surface area contributed by atoms with Gasteiger partial charge in [0, 0.05) is 16.6 Å². The predicted octanol–water partition coefficient (Wildman–Crippen LogP) is 0.315. The lowest BCUT2D eigenvalue weighted by molar-refractivity contribution is -0.686. The van der Waals surface area contributed by atoms with Gasteiger partial charge < -0.3 is 20.5 Å². The highest BCUT2D eigenvalue weighted by molar-refractivity contribution is 6.31. The molecule has 0 radical (unpaired) electrons. The molecule has 0 heterocycles. The van der Waals surface area contributed by atoms with E-state index in [1.807, 2.05) is 20.8 Å². The van der Waals surface area contributed by atoms with Gasteiger partial charge in [-0.3, -0.25) is 4.79 Å². The van der Waals surface area contributed by atoms with Crippen LogP contribution in [-0.2, 0) is 9.59 Å². The molecule has 0 aliphatic carbocycles. The zero-order chi connectivity index (χ0) is 16.0. The Morgan fingerprint density at radius 2 is 2.05 bits per heavy atom. The molecule has 116 valence electrons. The van der Waals surface area contributed by atoms with E-state index < -0.39 is 12.0 Å². The molecule has 0 saturated carbocycles. The van der Waals surface area contributed by atoms with Gasteiger partial charge in [-0.05, 0) is 24.6 Å². The summed E-state index contributed by atoms with van der Waals surface area (Å²) in [4.78, 5) is 23.0. The zero-order valence-electron chi connectivity index (χ0n) is 12.5. The van der Waals surface area contributed by atoms with Crippen LogP contribution in [0.1, 0.15) is 25.8 Å². The fourth-order valence-electron chi connectivity index (χ4n) is 1.78. The maximum atomic E-state index is 11.9. The highest BCUT2D eigenvalue weighted by Crippen LogP contribution is 2.20. The smallest absolute Gasteiger partial charge is 0.230 e. The second-order valence-corrected chi connectivity index (χ2v) is 5.91. The van der Waals surface area contributed by atoms with Gasteiger partial charge in [0.15, 0.2) is 0 Å². The minimum absolute atomic E-state index is 0.138. The molecule has 0 bridgehead atoms. The quantitative estimate of drug-likeness (QED) is 0.760. The number of hydrogen-bond acceptors (Lipinski definition) is 3. The zero-order valence-corrected chi connectivity index (χ0v) is 13.2. The van der Waals surface area contributed by atoms with Crippen molar-refractivity contribution < 1.29 is 20.0 Å². The first-order chi connectivity index (χ1) is 9.79. The Morgan fingerprint density at radius 3 is 2.57 bits per heavy atom. The van der Waals surface area contributed by atoms with Crippen molar-refractivity contribution in [3.05, 3.63) is 28.8 Å². The average Bonchev–Trinajstić information content (AvgIpc) is 2.38. The average molecular weight is 313 g/mol. The van der Waals surface area contributed by atoms with Crippen LogP contribution in [0.3, 0.4) is 0 Å². The lowest BCUT2D eigenvalue weighted by Crippen LogP contribution is -2.94. The molecule has 0 saturated heterocycles. The number of amides is 1. The number of aryl methyl sites for hydroxylation is 1. The number of aliphatic carboxylic acids is 1. The molecule has 0 aromatic heterocycles. The summed E-state index contributed by atoms with van der Waals surface area (Å²) in [7, 11) is 0. The summed E-state index contributed by atoms with van der Waals surface area (Å²) in [6, 6.07) is 4.28. The molecular formula is C15H21ClN2O3. The van der Waals surface area contributed by atoms with Crippen molar-refractivity contribution in [2.24, 2.45) is 5.92 Å². The minimum Gasteiger partial charge on any atom is -0.544 e. The van der Waals surface area contributed by atoms with Crippen molar-refractivity contribution in [2.45, 2.75) is 33.2 Å². The second-order valence-electron chi connectivity index (χ2n) is 5.51. The molecule has 0 spiro atoms. The first-order valence-electron chi connectivity index (χ1n) is 6.89. The summed E-state index contributed by atoms with van der Waals surface area (Å²) in [6.07, 6.45) is -0.138. The van der Waals surface area contributed by atoms with Crippen molar-refractivity contribution in [2.75, 3.05) is 11.9 Å². The summed E-state index contributed by atoms with van der Waals surface area (Å²) in [5.74, 6) is -1.26. The Hall–Kier alpha value is -1.59. The van der Waals surface area contributed by atoms with E-state index in [0.29, 0.717) is 23.2 Å². The fraction of sp³-hybridized carbons (Fsp3) is 0.467. The minimum atomic E-state index is -1.23. The van der Waals surface area contributed by atoms with E-state index in [1.54, 1.807) is 23.5 Å². The lowest BCUT2D eigenvalue weighted by atomic mass is 10.1. The number of rotatable bonds is 7. The summed E-state index contributed by atoms with van der Waals surface area (Å²) in [5.41, 5.74) is 1.46. The molecule has 6 heteroatoms. The standard InChI is InChI=1S/C15H21ClN2O3/c1-9(2)8-17-13(15(20)21)7-14(19)18-11-5-4-10(3)12(16)6-11/h4-6,9,13,17H,7-8H2,1-3H3,(H,18,19)(H,20,21)/t13-/m0/s1. The van der Waals surface area contributed by atoms with E-state index in [9.17, 15) is 14.7 Å². The molecule has 1 aromatic rings. The topological polar surface area (TPSA) is 85.8 Å². The van der Waals surface area contributed by atoms with Crippen LogP contribution in [0.15, 0.2) is 18.2 Å². The van der Waals surface area contributed by atoms with Crippen LogP contribution in [0.5, 0.6) is 0 Å². The number of nitrogens with one attached hydrogen (secondary N) is 1. The fourth-order valence-corrected chi connectivity index (χ4v) is 1.96. The molecule has 1 aromatic carbocycles. The summed E-state index contributed by atoms with van der Waals surface area (Å²) in [6.45, 7) is 6.46. The summed E-state index contributed by atoms with van der Waals surface area (Å²) >= 11 is 5.98. The van der Waals surface area contributed by atoms with Crippen molar-refractivity contribution in [3.8, 4) is 0 Å². The second kappa shape index (κ2) is 8.00. The number of quaternary nitrogens is 1. The molecule has 0 fully saturated rings. The van der Waals surface area contributed by atoms with Crippen LogP contribution < -0.4 is 15.7 Å². The van der Waals surface area contributed by atoms with Gasteiger partial charge in [0.25, 0.3) is 0 Å². The molecule has 3 N–H and O–H groups in total. The lowest BCUT2D eigenvalue weighted by Gasteiger charge is -2.17. The Bertz CT molecular complexity index is 518. The predicted molar refractivity (Wildman–Crippen MR) is 79.9 cm³/mol. The maximum Gasteiger partial charge on any atom is 0.230 e. The van der Waals surface area contributed by atoms with Crippen LogP contribution >= 0.6 is 11.6 Å². The number of carboxylic acid groups (broad SMARTS) is 1. The molecule has 5 nitrogen and oxygen atoms in total. The summed E-state index contributed by atoms with van der Waals surface area (Å²) in [5, 5.41) is 15.9. The normalized spacial score (nSPS) is 12.2. The monoisotopic (exact) mass is 312 g/mol. The largest absolute Gasteiger partial charge is 0.544 e. The molecule has 1 atom stereocenters. The number of nitrogens with two attached hydrogens (primary N) is 1. The van der Waals surface area contributed by atoms with Gasteiger partial charge in [0.05, 0.1) is 18.9 Å². The van der Waals surface area contributed by atoms with Gasteiger partial charge in [-0.2, -0.15) is 0 Å². The maximum absolute atomic E-state index is 11.9. The van der Waals surface area contributed by atoms with Crippen LogP contribution in [0.25, 0.3) is 0 Å². The van der Waals surface area contributed by atoms with Gasteiger partial charge in [0.1, 0.15) is 6.04 Å². The van der Waals surface area contributed by atoms with E-state index in [2.05, 4.69) is 5.32 Å². The number of hydrogen-bond donors (Lipinski definition) is 2. The number of carboxylic acids is 1. The van der Waals surface area contributed by atoms with E-state index in [-0.39, 0.29) is 12.3 Å².